The van der Waals surface area contributed by atoms with E-state index in [9.17, 15) is 33.6 Å². The Balaban J connectivity index is 1.52. The summed E-state index contributed by atoms with van der Waals surface area (Å²) in [5.41, 5.74) is 3.27. The molecule has 1 aliphatic heterocycles. The van der Waals surface area contributed by atoms with Crippen molar-refractivity contribution in [3.8, 4) is 33.8 Å². The van der Waals surface area contributed by atoms with Crippen molar-refractivity contribution >= 4 is 53.1 Å². The summed E-state index contributed by atoms with van der Waals surface area (Å²) in [5.74, 6) is -2.79. The molecular formula is C52H64ClN7O10. The molecule has 5 atom stereocenters. The number of hydrogen-bond acceptors (Lipinski definition) is 10. The van der Waals surface area contributed by atoms with Gasteiger partial charge in [0.2, 0.25) is 29.5 Å². The molecule has 0 fully saturated rings. The van der Waals surface area contributed by atoms with E-state index in [-0.39, 0.29) is 30.9 Å². The van der Waals surface area contributed by atoms with Gasteiger partial charge >= 0.3 is 6.09 Å². The molecule has 5 rings (SSSR count). The third-order valence-electron chi connectivity index (χ3n) is 11.6. The van der Waals surface area contributed by atoms with Crippen molar-refractivity contribution in [1.29, 1.82) is 0 Å². The summed E-state index contributed by atoms with van der Waals surface area (Å²) in [6.07, 6.45) is 0.300. The van der Waals surface area contributed by atoms with Crippen LogP contribution in [0.4, 0.5) is 4.79 Å². The van der Waals surface area contributed by atoms with Gasteiger partial charge in [-0.05, 0) is 125 Å². The minimum atomic E-state index is -1.39. The molecule has 4 aromatic rings. The molecule has 0 aromatic heterocycles. The van der Waals surface area contributed by atoms with Crippen LogP contribution in [0.5, 0.6) is 11.5 Å². The van der Waals surface area contributed by atoms with Crippen LogP contribution in [-0.2, 0) is 35.1 Å². The number of likely N-dealkylation sites (N-methyl/N-ethyl adjacent to an activating group) is 2. The maximum absolute atomic E-state index is 15.0. The van der Waals surface area contributed by atoms with Crippen LogP contribution >= 0.6 is 11.6 Å². The molecular weight excluding hydrogens is 918 g/mol. The van der Waals surface area contributed by atoms with Crippen LogP contribution in [-0.4, -0.2) is 123 Å². The molecule has 18 heteroatoms. The number of ether oxygens (including phenoxy) is 3. The fourth-order valence-corrected chi connectivity index (χ4v) is 8.04. The zero-order valence-corrected chi connectivity index (χ0v) is 42.1. The zero-order valence-electron chi connectivity index (χ0n) is 41.4. The number of nitrogens with one attached hydrogen (secondary N) is 5. The molecule has 0 saturated carbocycles. The lowest BCUT2D eigenvalue weighted by Crippen LogP contribution is -2.57. The molecule has 0 aliphatic carbocycles. The van der Waals surface area contributed by atoms with Crippen molar-refractivity contribution in [2.45, 2.75) is 96.1 Å². The van der Waals surface area contributed by atoms with E-state index in [0.717, 1.165) is 11.1 Å². The second-order valence-electron chi connectivity index (χ2n) is 18.3. The number of nitrogens with zero attached hydrogens (tertiary/aromatic N) is 2. The highest BCUT2D eigenvalue weighted by atomic mass is 35.5. The number of fused-ring (bicyclic) bond motifs is 5. The molecule has 5 unspecified atom stereocenters. The van der Waals surface area contributed by atoms with Gasteiger partial charge < -0.3 is 50.6 Å². The molecule has 374 valence electrons. The number of amides is 7. The standard InChI is InChI=1S/C52H64ClN7O10/c1-30-45(61)58-41(47(63)56-31(2)49(65)59(6)7)28-32-14-24-42(68-9)38(27-32)39-29-36(21-25-43(39)69-10)44(48(64)55-30)60(8)50(66)40(13-11-12-26-54-51(67)70-52(3,4)5)57-46(62)35-17-15-33(16-18-35)34-19-22-37(53)23-20-34/h14-25,27,29-31,40-41,44H,11-13,26,28H2,1-10H3,(H,54,67)(H,55,64)(H,56,63)(H,57,62)(H,58,61). The lowest BCUT2D eigenvalue weighted by molar-refractivity contribution is -0.141. The van der Waals surface area contributed by atoms with E-state index >= 15 is 0 Å². The van der Waals surface area contributed by atoms with E-state index in [1.807, 2.05) is 12.1 Å². The summed E-state index contributed by atoms with van der Waals surface area (Å²) >= 11 is 6.09. The van der Waals surface area contributed by atoms with Crippen molar-refractivity contribution < 1.29 is 47.8 Å². The van der Waals surface area contributed by atoms with Gasteiger partial charge in [0.05, 0.1) is 14.2 Å². The number of halogens is 1. The summed E-state index contributed by atoms with van der Waals surface area (Å²) in [6, 6.07) is 18.4. The first kappa shape index (κ1) is 53.8. The Labute approximate surface area is 414 Å². The number of rotatable bonds is 15. The lowest BCUT2D eigenvalue weighted by atomic mass is 9.93. The van der Waals surface area contributed by atoms with Crippen molar-refractivity contribution in [2.24, 2.45) is 0 Å². The summed E-state index contributed by atoms with van der Waals surface area (Å²) in [6.45, 7) is 8.48. The first-order valence-electron chi connectivity index (χ1n) is 23.0. The second-order valence-corrected chi connectivity index (χ2v) is 18.8. The summed E-state index contributed by atoms with van der Waals surface area (Å²) in [5, 5.41) is 14.4. The lowest BCUT2D eigenvalue weighted by Gasteiger charge is -2.33. The van der Waals surface area contributed by atoms with Crippen molar-refractivity contribution in [3.63, 3.8) is 0 Å². The Kier molecular flexibility index (Phi) is 18.4. The monoisotopic (exact) mass is 981 g/mol. The molecule has 1 heterocycles. The molecule has 5 N–H and O–H groups in total. The predicted molar refractivity (Wildman–Crippen MR) is 266 cm³/mol. The van der Waals surface area contributed by atoms with E-state index in [0.29, 0.717) is 51.6 Å². The average molecular weight is 983 g/mol. The minimum Gasteiger partial charge on any atom is -0.496 e. The van der Waals surface area contributed by atoms with E-state index in [4.69, 9.17) is 25.8 Å². The fourth-order valence-electron chi connectivity index (χ4n) is 7.92. The highest BCUT2D eigenvalue weighted by Gasteiger charge is 2.36. The maximum atomic E-state index is 15.0. The van der Waals surface area contributed by atoms with Gasteiger partial charge in [-0.2, -0.15) is 0 Å². The van der Waals surface area contributed by atoms with Gasteiger partial charge in [0, 0.05) is 55.8 Å². The molecule has 4 aromatic carbocycles. The van der Waals surface area contributed by atoms with Gasteiger partial charge in [0.1, 0.15) is 47.3 Å². The second kappa shape index (κ2) is 23.9. The van der Waals surface area contributed by atoms with Crippen molar-refractivity contribution in [3.05, 3.63) is 107 Å². The summed E-state index contributed by atoms with van der Waals surface area (Å²) < 4.78 is 17.0. The quantitative estimate of drug-likeness (QED) is 0.0901. The molecule has 17 nitrogen and oxygen atoms in total. The van der Waals surface area contributed by atoms with Gasteiger partial charge in [-0.15, -0.1) is 0 Å². The van der Waals surface area contributed by atoms with Crippen molar-refractivity contribution in [2.75, 3.05) is 41.9 Å². The average Bonchev–Trinajstić information content (AvgIpc) is 3.31. The minimum absolute atomic E-state index is 0.00332. The van der Waals surface area contributed by atoms with Crippen LogP contribution in [0.1, 0.15) is 81.4 Å². The molecule has 0 spiro atoms. The van der Waals surface area contributed by atoms with Crippen LogP contribution < -0.4 is 36.1 Å². The Bertz CT molecular complexity index is 2550. The number of carbonyl (C=O) groups excluding carboxylic acids is 7. The van der Waals surface area contributed by atoms with Crippen LogP contribution in [0.2, 0.25) is 5.02 Å². The Morgan fingerprint density at radius 1 is 0.771 bits per heavy atom. The first-order valence-corrected chi connectivity index (χ1v) is 23.4. The van der Waals surface area contributed by atoms with E-state index in [1.165, 1.54) is 44.9 Å². The van der Waals surface area contributed by atoms with Gasteiger partial charge in [0.25, 0.3) is 5.91 Å². The Morgan fingerprint density at radius 2 is 1.37 bits per heavy atom. The van der Waals surface area contributed by atoms with E-state index in [1.54, 1.807) is 108 Å². The van der Waals surface area contributed by atoms with E-state index in [2.05, 4.69) is 26.6 Å². The maximum Gasteiger partial charge on any atom is 0.407 e. The predicted octanol–water partition coefficient (Wildman–Crippen LogP) is 5.82. The highest BCUT2D eigenvalue weighted by molar-refractivity contribution is 6.30. The van der Waals surface area contributed by atoms with Gasteiger partial charge in [-0.1, -0.05) is 48.0 Å². The smallest absolute Gasteiger partial charge is 0.407 e. The van der Waals surface area contributed by atoms with Crippen LogP contribution in [0.15, 0.2) is 84.9 Å². The van der Waals surface area contributed by atoms with Gasteiger partial charge in [-0.25, -0.2) is 4.79 Å². The van der Waals surface area contributed by atoms with Crippen LogP contribution in [0.25, 0.3) is 22.3 Å². The van der Waals surface area contributed by atoms with Gasteiger partial charge in [-0.3, -0.25) is 28.8 Å². The largest absolute Gasteiger partial charge is 0.496 e. The molecule has 0 saturated heterocycles. The highest BCUT2D eigenvalue weighted by Crippen LogP contribution is 2.40. The zero-order chi connectivity index (χ0) is 51.4. The Morgan fingerprint density at radius 3 is 1.97 bits per heavy atom. The Hall–Kier alpha value is -7.14. The fraction of sp³-hybridized carbons (Fsp3) is 0.404. The van der Waals surface area contributed by atoms with Crippen LogP contribution in [0.3, 0.4) is 0 Å². The number of hydrogen-bond donors (Lipinski definition) is 5. The van der Waals surface area contributed by atoms with Crippen LogP contribution in [0, 0.1) is 0 Å². The third-order valence-corrected chi connectivity index (χ3v) is 11.8. The van der Waals surface area contributed by atoms with Crippen molar-refractivity contribution in [1.82, 2.24) is 36.4 Å². The van der Waals surface area contributed by atoms with E-state index < -0.39 is 71.4 Å². The number of methoxy groups -OCH3 is 2. The number of alkyl carbamates (subject to hydrolysis) is 1. The first-order chi connectivity index (χ1) is 33.1. The molecule has 70 heavy (non-hydrogen) atoms. The number of benzene rings is 4. The normalized spacial score (nSPS) is 16.7. The molecule has 1 aliphatic rings. The SMILES string of the molecule is COc1ccc2cc1-c1cc(ccc1OC)C(N(C)C(=O)C(CCCCNC(=O)OC(C)(C)C)NC(=O)c1ccc(-c3ccc(Cl)cc3)cc1)C(=O)NC(C)C(=O)NC(C(=O)NC(C)C(=O)N(C)C)C2. The summed E-state index contributed by atoms with van der Waals surface area (Å²) in [4.78, 5) is 99.1. The molecule has 0 radical (unpaired) electrons. The molecule has 4 bridgehead atoms. The van der Waals surface area contributed by atoms with Gasteiger partial charge in [0.15, 0.2) is 0 Å². The number of carbonyl (C=O) groups is 7. The molecule has 7 amide bonds. The topological polar surface area (TPSA) is 214 Å². The third kappa shape index (κ3) is 14.2. The summed E-state index contributed by atoms with van der Waals surface area (Å²) in [7, 11) is 7.54. The number of unbranched alkanes of at least 4 members (excludes halogenated alkanes) is 1.